The number of allylic oxidation sites excluding steroid dienone is 1. The first-order valence-corrected chi connectivity index (χ1v) is 17.7. The Morgan fingerprint density at radius 3 is 2.22 bits per heavy atom. The molecule has 4 aromatic carbocycles. The van der Waals surface area contributed by atoms with E-state index in [1.54, 1.807) is 18.3 Å². The van der Waals surface area contributed by atoms with Crippen LogP contribution in [0.4, 0.5) is 0 Å². The smallest absolute Gasteiger partial charge is 0.219 e. The number of para-hydroxylation sites is 1. The van der Waals surface area contributed by atoms with Crippen molar-refractivity contribution in [1.82, 2.24) is 14.8 Å². The van der Waals surface area contributed by atoms with Gasteiger partial charge in [0, 0.05) is 57.0 Å². The van der Waals surface area contributed by atoms with Gasteiger partial charge in [-0.15, -0.1) is 0 Å². The normalized spacial score (nSPS) is 13.6. The standard InChI is InChI=1S/C43H44ClN3O4/c1-31-8-10-36(11-9-31)30-50-38-16-17-42(45-28-38)51-43-33(3)26-37(27-39(43)44)40(18-24-48)47-22-20-46(21-23-47)29-35-14-12-34(13-15-35)19-25-49-41-7-5-4-6-32(41)2/h4-18,24,26-28H,19-23,25,29-30H2,1-3H3. The Bertz CT molecular complexity index is 1910. The van der Waals surface area contributed by atoms with E-state index in [-0.39, 0.29) is 0 Å². The van der Waals surface area contributed by atoms with Gasteiger partial charge < -0.3 is 19.1 Å². The van der Waals surface area contributed by atoms with E-state index in [9.17, 15) is 4.79 Å². The molecule has 0 atom stereocenters. The average molecular weight is 702 g/mol. The van der Waals surface area contributed by atoms with E-state index >= 15 is 0 Å². The van der Waals surface area contributed by atoms with Crippen molar-refractivity contribution in [3.63, 3.8) is 0 Å². The van der Waals surface area contributed by atoms with Gasteiger partial charge in [0.1, 0.15) is 24.4 Å². The van der Waals surface area contributed by atoms with Crippen molar-refractivity contribution in [2.75, 3.05) is 32.8 Å². The van der Waals surface area contributed by atoms with E-state index in [1.165, 1.54) is 16.7 Å². The van der Waals surface area contributed by atoms with E-state index < -0.39 is 0 Å². The van der Waals surface area contributed by atoms with Crippen LogP contribution in [0.2, 0.25) is 5.02 Å². The van der Waals surface area contributed by atoms with Crippen LogP contribution in [0.3, 0.4) is 0 Å². The second kappa shape index (κ2) is 17.2. The zero-order valence-electron chi connectivity index (χ0n) is 29.5. The third-order valence-corrected chi connectivity index (χ3v) is 9.36. The number of halogens is 1. The molecule has 1 aromatic heterocycles. The number of aromatic nitrogens is 1. The van der Waals surface area contributed by atoms with Crippen molar-refractivity contribution in [1.29, 1.82) is 0 Å². The number of benzene rings is 4. The van der Waals surface area contributed by atoms with Crippen LogP contribution in [0.1, 0.15) is 38.9 Å². The maximum atomic E-state index is 11.8. The maximum Gasteiger partial charge on any atom is 0.219 e. The number of nitrogens with zero attached hydrogens (tertiary/aromatic N) is 3. The molecule has 1 aliphatic heterocycles. The number of hydrogen-bond acceptors (Lipinski definition) is 7. The van der Waals surface area contributed by atoms with Crippen LogP contribution in [0, 0.1) is 20.8 Å². The molecular formula is C43H44ClN3O4. The first-order valence-electron chi connectivity index (χ1n) is 17.4. The number of aldehydes is 1. The van der Waals surface area contributed by atoms with E-state index in [2.05, 4.69) is 83.2 Å². The SMILES string of the molecule is Cc1ccc(COc2ccc(Oc3c(C)cc(C(=CC=O)N4CCN(Cc5ccc(CCOc6ccccc6C)cc5)CC4)cc3Cl)nc2)cc1. The number of rotatable bonds is 14. The number of carbonyl (C=O) groups is 1. The van der Waals surface area contributed by atoms with Gasteiger partial charge in [-0.2, -0.15) is 0 Å². The Morgan fingerprint density at radius 1 is 0.804 bits per heavy atom. The van der Waals surface area contributed by atoms with E-state index in [0.29, 0.717) is 35.6 Å². The van der Waals surface area contributed by atoms with Crippen molar-refractivity contribution in [2.24, 2.45) is 0 Å². The highest BCUT2D eigenvalue weighted by Gasteiger charge is 2.22. The zero-order valence-corrected chi connectivity index (χ0v) is 30.2. The van der Waals surface area contributed by atoms with Crippen LogP contribution in [-0.4, -0.2) is 53.9 Å². The van der Waals surface area contributed by atoms with Crippen LogP contribution >= 0.6 is 11.6 Å². The highest BCUT2D eigenvalue weighted by Crippen LogP contribution is 2.36. The average Bonchev–Trinajstić information content (AvgIpc) is 3.14. The lowest BCUT2D eigenvalue weighted by Crippen LogP contribution is -2.45. The van der Waals surface area contributed by atoms with Crippen molar-refractivity contribution in [2.45, 2.75) is 40.3 Å². The Kier molecular flexibility index (Phi) is 12.0. The van der Waals surface area contributed by atoms with Gasteiger partial charge in [0.2, 0.25) is 5.88 Å². The van der Waals surface area contributed by atoms with Crippen LogP contribution in [-0.2, 0) is 24.4 Å². The Hall–Kier alpha value is -5.11. The second-order valence-corrected chi connectivity index (χ2v) is 13.4. The maximum absolute atomic E-state index is 11.8. The molecule has 0 bridgehead atoms. The third-order valence-electron chi connectivity index (χ3n) is 9.08. The second-order valence-electron chi connectivity index (χ2n) is 12.9. The number of aryl methyl sites for hydroxylation is 3. The van der Waals surface area contributed by atoms with Crippen LogP contribution in [0.25, 0.3) is 5.70 Å². The van der Waals surface area contributed by atoms with Gasteiger partial charge >= 0.3 is 0 Å². The first-order chi connectivity index (χ1) is 24.8. The molecule has 0 radical (unpaired) electrons. The summed E-state index contributed by atoms with van der Waals surface area (Å²) in [5.41, 5.74) is 8.58. The molecule has 0 N–H and O–H groups in total. The molecule has 6 rings (SSSR count). The van der Waals surface area contributed by atoms with Gasteiger partial charge in [-0.25, -0.2) is 4.98 Å². The predicted octanol–water partition coefficient (Wildman–Crippen LogP) is 9.01. The fourth-order valence-corrected chi connectivity index (χ4v) is 6.44. The summed E-state index contributed by atoms with van der Waals surface area (Å²) < 4.78 is 18.0. The van der Waals surface area contributed by atoms with Gasteiger partial charge in [-0.05, 0) is 78.4 Å². The minimum Gasteiger partial charge on any atom is -0.493 e. The number of hydrogen-bond donors (Lipinski definition) is 0. The Morgan fingerprint density at radius 2 is 1.53 bits per heavy atom. The molecule has 0 spiro atoms. The molecule has 8 heteroatoms. The van der Waals surface area contributed by atoms with Crippen LogP contribution in [0.5, 0.6) is 23.1 Å². The topological polar surface area (TPSA) is 64.1 Å². The third kappa shape index (κ3) is 9.78. The molecular weight excluding hydrogens is 658 g/mol. The molecule has 5 aromatic rings. The lowest BCUT2D eigenvalue weighted by atomic mass is 10.1. The predicted molar refractivity (Wildman–Crippen MR) is 204 cm³/mol. The molecule has 0 amide bonds. The van der Waals surface area contributed by atoms with Gasteiger partial charge in [0.25, 0.3) is 0 Å². The largest absolute Gasteiger partial charge is 0.493 e. The fourth-order valence-electron chi connectivity index (χ4n) is 6.14. The molecule has 0 saturated carbocycles. The number of carbonyl (C=O) groups excluding carboxylic acids is 1. The van der Waals surface area contributed by atoms with Crippen LogP contribution < -0.4 is 14.2 Å². The van der Waals surface area contributed by atoms with Crippen molar-refractivity contribution < 1.29 is 19.0 Å². The molecule has 2 heterocycles. The number of piperazine rings is 1. The van der Waals surface area contributed by atoms with Gasteiger partial charge in [-0.1, -0.05) is 83.9 Å². The summed E-state index contributed by atoms with van der Waals surface area (Å²) in [6, 6.07) is 32.6. The van der Waals surface area contributed by atoms with Gasteiger partial charge in [0.05, 0.1) is 17.8 Å². The minimum absolute atomic E-state index is 0.414. The molecule has 0 aliphatic carbocycles. The highest BCUT2D eigenvalue weighted by atomic mass is 35.5. The molecule has 7 nitrogen and oxygen atoms in total. The number of ether oxygens (including phenoxy) is 3. The molecule has 262 valence electrons. The molecule has 1 saturated heterocycles. The molecule has 1 fully saturated rings. The summed E-state index contributed by atoms with van der Waals surface area (Å²) in [5.74, 6) is 2.54. The summed E-state index contributed by atoms with van der Waals surface area (Å²) in [4.78, 5) is 20.9. The first kappa shape index (κ1) is 35.7. The zero-order chi connectivity index (χ0) is 35.6. The van der Waals surface area contributed by atoms with Gasteiger partial charge in [0.15, 0.2) is 5.75 Å². The van der Waals surface area contributed by atoms with E-state index in [1.807, 2.05) is 43.3 Å². The highest BCUT2D eigenvalue weighted by molar-refractivity contribution is 6.32. The van der Waals surface area contributed by atoms with Gasteiger partial charge in [-0.3, -0.25) is 9.69 Å². The summed E-state index contributed by atoms with van der Waals surface area (Å²) in [6.45, 7) is 11.4. The lowest BCUT2D eigenvalue weighted by molar-refractivity contribution is -0.104. The Labute approximate surface area is 306 Å². The number of pyridine rings is 1. The van der Waals surface area contributed by atoms with Crippen molar-refractivity contribution in [3.05, 3.63) is 153 Å². The van der Waals surface area contributed by atoms with E-state index in [4.69, 9.17) is 25.8 Å². The van der Waals surface area contributed by atoms with Crippen LogP contribution in [0.15, 0.2) is 109 Å². The van der Waals surface area contributed by atoms with E-state index in [0.717, 1.165) is 79.1 Å². The summed E-state index contributed by atoms with van der Waals surface area (Å²) >= 11 is 6.79. The lowest BCUT2D eigenvalue weighted by Gasteiger charge is -2.37. The fraction of sp³-hybridized carbons (Fsp3) is 0.256. The summed E-state index contributed by atoms with van der Waals surface area (Å²) in [5, 5.41) is 0.451. The molecule has 0 unspecified atom stereocenters. The molecule has 1 aliphatic rings. The van der Waals surface area contributed by atoms with Crippen molar-refractivity contribution >= 4 is 23.6 Å². The van der Waals surface area contributed by atoms with Crippen molar-refractivity contribution in [3.8, 4) is 23.1 Å². The summed E-state index contributed by atoms with van der Waals surface area (Å²) in [7, 11) is 0. The Balaban J connectivity index is 1.00. The minimum atomic E-state index is 0.414. The summed E-state index contributed by atoms with van der Waals surface area (Å²) in [6.07, 6.45) is 4.98. The quantitative estimate of drug-likeness (QED) is 0.0846. The molecule has 51 heavy (non-hydrogen) atoms. The monoisotopic (exact) mass is 701 g/mol.